The standard InChI is InChI=1S/C14H17NO4/c1-8(9(2)14(18)19)13(17)11-4-6-12(7-5-11)15-10(3)16/h4-9H,1-3H3,(H,15,16)(H,18,19). The number of hydrogen-bond acceptors (Lipinski definition) is 3. The molecule has 19 heavy (non-hydrogen) atoms. The Labute approximate surface area is 111 Å². The molecule has 102 valence electrons. The first-order valence-corrected chi connectivity index (χ1v) is 5.97. The SMILES string of the molecule is CC(=O)Nc1ccc(C(=O)C(C)C(C)C(=O)O)cc1. The predicted molar refractivity (Wildman–Crippen MR) is 71.0 cm³/mol. The highest BCUT2D eigenvalue weighted by Gasteiger charge is 2.26. The average molecular weight is 263 g/mol. The normalized spacial score (nSPS) is 13.4. The number of carbonyl (C=O) groups excluding carboxylic acids is 2. The molecule has 0 saturated heterocycles. The van der Waals surface area contributed by atoms with Gasteiger partial charge in [-0.05, 0) is 24.3 Å². The van der Waals surface area contributed by atoms with E-state index >= 15 is 0 Å². The summed E-state index contributed by atoms with van der Waals surface area (Å²) < 4.78 is 0. The fraction of sp³-hybridized carbons (Fsp3) is 0.357. The van der Waals surface area contributed by atoms with Gasteiger partial charge in [-0.3, -0.25) is 14.4 Å². The minimum Gasteiger partial charge on any atom is -0.481 e. The van der Waals surface area contributed by atoms with Crippen LogP contribution in [0.1, 0.15) is 31.1 Å². The number of carboxylic acid groups (broad SMARTS) is 1. The summed E-state index contributed by atoms with van der Waals surface area (Å²) in [6, 6.07) is 6.40. The molecular formula is C14H17NO4. The van der Waals surface area contributed by atoms with E-state index in [-0.39, 0.29) is 11.7 Å². The van der Waals surface area contributed by atoms with Gasteiger partial charge in [-0.2, -0.15) is 0 Å². The number of amides is 1. The molecule has 1 aromatic carbocycles. The molecule has 0 aliphatic rings. The zero-order chi connectivity index (χ0) is 14.6. The number of aliphatic carboxylic acids is 1. The Balaban J connectivity index is 2.83. The molecule has 0 aromatic heterocycles. The van der Waals surface area contributed by atoms with E-state index < -0.39 is 17.8 Å². The molecule has 1 aromatic rings. The van der Waals surface area contributed by atoms with Crippen LogP contribution in [0, 0.1) is 11.8 Å². The number of benzene rings is 1. The van der Waals surface area contributed by atoms with Crippen molar-refractivity contribution in [2.24, 2.45) is 11.8 Å². The zero-order valence-electron chi connectivity index (χ0n) is 11.1. The van der Waals surface area contributed by atoms with E-state index in [1.807, 2.05) is 0 Å². The van der Waals surface area contributed by atoms with E-state index in [0.29, 0.717) is 11.3 Å². The summed E-state index contributed by atoms with van der Waals surface area (Å²) in [5.74, 6) is -2.72. The van der Waals surface area contributed by atoms with Crippen LogP contribution in [-0.4, -0.2) is 22.8 Å². The van der Waals surface area contributed by atoms with Crippen LogP contribution < -0.4 is 5.32 Å². The molecule has 0 heterocycles. The minimum atomic E-state index is -0.990. The van der Waals surface area contributed by atoms with Gasteiger partial charge in [0.25, 0.3) is 0 Å². The molecule has 5 nitrogen and oxygen atoms in total. The molecule has 0 saturated carbocycles. The van der Waals surface area contributed by atoms with Gasteiger partial charge in [0.1, 0.15) is 0 Å². The quantitative estimate of drug-likeness (QED) is 0.797. The topological polar surface area (TPSA) is 83.5 Å². The van der Waals surface area contributed by atoms with Crippen LogP contribution in [0.15, 0.2) is 24.3 Å². The molecule has 1 rings (SSSR count). The van der Waals surface area contributed by atoms with Crippen molar-refractivity contribution in [2.45, 2.75) is 20.8 Å². The molecule has 1 amide bonds. The van der Waals surface area contributed by atoms with E-state index in [9.17, 15) is 14.4 Å². The number of rotatable bonds is 5. The van der Waals surface area contributed by atoms with Crippen molar-refractivity contribution in [2.75, 3.05) is 5.32 Å². The van der Waals surface area contributed by atoms with Gasteiger partial charge < -0.3 is 10.4 Å². The van der Waals surface area contributed by atoms with Gasteiger partial charge in [0, 0.05) is 24.1 Å². The number of hydrogen-bond donors (Lipinski definition) is 2. The average Bonchev–Trinajstić information content (AvgIpc) is 2.36. The lowest BCUT2D eigenvalue weighted by atomic mass is 9.88. The van der Waals surface area contributed by atoms with Gasteiger partial charge in [0.05, 0.1) is 5.92 Å². The number of carboxylic acids is 1. The van der Waals surface area contributed by atoms with Crippen molar-refractivity contribution in [3.8, 4) is 0 Å². The second-order valence-corrected chi connectivity index (χ2v) is 4.54. The summed E-state index contributed by atoms with van der Waals surface area (Å²) in [6.07, 6.45) is 0. The molecule has 0 fully saturated rings. The summed E-state index contributed by atoms with van der Waals surface area (Å²) in [5, 5.41) is 11.5. The third-order valence-electron chi connectivity index (χ3n) is 3.04. The Morgan fingerprint density at radius 2 is 1.58 bits per heavy atom. The lowest BCUT2D eigenvalue weighted by molar-refractivity contribution is -0.142. The maximum absolute atomic E-state index is 12.1. The second kappa shape index (κ2) is 6.13. The maximum atomic E-state index is 12.1. The van der Waals surface area contributed by atoms with E-state index in [4.69, 9.17) is 5.11 Å². The van der Waals surface area contributed by atoms with Crippen molar-refractivity contribution < 1.29 is 19.5 Å². The van der Waals surface area contributed by atoms with Gasteiger partial charge >= 0.3 is 5.97 Å². The highest BCUT2D eigenvalue weighted by atomic mass is 16.4. The Morgan fingerprint density at radius 3 is 2.00 bits per heavy atom. The number of anilines is 1. The first-order valence-electron chi connectivity index (χ1n) is 5.97. The molecule has 0 aliphatic heterocycles. The van der Waals surface area contributed by atoms with Crippen LogP contribution in [0.2, 0.25) is 0 Å². The van der Waals surface area contributed by atoms with Crippen molar-refractivity contribution in [3.63, 3.8) is 0 Å². The van der Waals surface area contributed by atoms with Gasteiger partial charge in [-0.25, -0.2) is 0 Å². The number of carbonyl (C=O) groups is 3. The highest BCUT2D eigenvalue weighted by Crippen LogP contribution is 2.19. The van der Waals surface area contributed by atoms with Crippen LogP contribution in [0.25, 0.3) is 0 Å². The monoisotopic (exact) mass is 263 g/mol. The zero-order valence-corrected chi connectivity index (χ0v) is 11.1. The van der Waals surface area contributed by atoms with E-state index in [1.54, 1.807) is 31.2 Å². The third kappa shape index (κ3) is 3.91. The Morgan fingerprint density at radius 1 is 1.05 bits per heavy atom. The smallest absolute Gasteiger partial charge is 0.306 e. The molecule has 0 spiro atoms. The van der Waals surface area contributed by atoms with E-state index in [2.05, 4.69) is 5.32 Å². The first kappa shape index (κ1) is 14.9. The van der Waals surface area contributed by atoms with Crippen LogP contribution in [0.4, 0.5) is 5.69 Å². The van der Waals surface area contributed by atoms with Gasteiger partial charge in [-0.15, -0.1) is 0 Å². The van der Waals surface area contributed by atoms with Crippen LogP contribution in [-0.2, 0) is 9.59 Å². The largest absolute Gasteiger partial charge is 0.481 e. The van der Waals surface area contributed by atoms with E-state index in [0.717, 1.165) is 0 Å². The van der Waals surface area contributed by atoms with Crippen molar-refractivity contribution in [1.82, 2.24) is 0 Å². The van der Waals surface area contributed by atoms with Crippen molar-refractivity contribution in [1.29, 1.82) is 0 Å². The molecule has 2 unspecified atom stereocenters. The van der Waals surface area contributed by atoms with Crippen molar-refractivity contribution in [3.05, 3.63) is 29.8 Å². The van der Waals surface area contributed by atoms with Crippen LogP contribution in [0.5, 0.6) is 0 Å². The lowest BCUT2D eigenvalue weighted by Crippen LogP contribution is -2.25. The molecular weight excluding hydrogens is 246 g/mol. The third-order valence-corrected chi connectivity index (χ3v) is 3.04. The predicted octanol–water partition coefficient (Wildman–Crippen LogP) is 2.18. The molecule has 0 radical (unpaired) electrons. The molecule has 5 heteroatoms. The van der Waals surface area contributed by atoms with Gasteiger partial charge in [0.15, 0.2) is 5.78 Å². The maximum Gasteiger partial charge on any atom is 0.306 e. The summed E-state index contributed by atoms with van der Waals surface area (Å²) in [6.45, 7) is 4.51. The Bertz CT molecular complexity index is 493. The summed E-state index contributed by atoms with van der Waals surface area (Å²) in [4.78, 5) is 33.8. The molecule has 2 N–H and O–H groups in total. The number of ketones is 1. The fourth-order valence-electron chi connectivity index (χ4n) is 1.62. The van der Waals surface area contributed by atoms with Crippen molar-refractivity contribution >= 4 is 23.3 Å². The number of Topliss-reactive ketones (excluding diaryl/α,β-unsaturated/α-hetero) is 1. The summed E-state index contributed by atoms with van der Waals surface area (Å²) in [5.41, 5.74) is 1.04. The number of nitrogens with one attached hydrogen (secondary N) is 1. The Hall–Kier alpha value is -2.17. The van der Waals surface area contributed by atoms with Crippen LogP contribution in [0.3, 0.4) is 0 Å². The van der Waals surface area contributed by atoms with Crippen LogP contribution >= 0.6 is 0 Å². The Kier molecular flexibility index (Phi) is 4.80. The fourth-order valence-corrected chi connectivity index (χ4v) is 1.62. The van der Waals surface area contributed by atoms with E-state index in [1.165, 1.54) is 13.8 Å². The molecule has 2 atom stereocenters. The first-order chi connectivity index (χ1) is 8.82. The van der Waals surface area contributed by atoms with Gasteiger partial charge in [0.2, 0.25) is 5.91 Å². The molecule has 0 bridgehead atoms. The highest BCUT2D eigenvalue weighted by molar-refractivity contribution is 6.00. The summed E-state index contributed by atoms with van der Waals surface area (Å²) >= 11 is 0. The lowest BCUT2D eigenvalue weighted by Gasteiger charge is -2.14. The van der Waals surface area contributed by atoms with Gasteiger partial charge in [-0.1, -0.05) is 13.8 Å². The second-order valence-electron chi connectivity index (χ2n) is 4.54. The summed E-state index contributed by atoms with van der Waals surface area (Å²) in [7, 11) is 0. The minimum absolute atomic E-state index is 0.188. The molecule has 0 aliphatic carbocycles.